The molecule has 0 saturated heterocycles. The summed E-state index contributed by atoms with van der Waals surface area (Å²) in [4.78, 5) is 4.06. The first kappa shape index (κ1) is 12.5. The van der Waals surface area contributed by atoms with E-state index in [0.29, 0.717) is 5.15 Å². The van der Waals surface area contributed by atoms with Crippen molar-refractivity contribution >= 4 is 33.2 Å². The number of nitrogens with zero attached hydrogens (tertiary/aromatic N) is 1. The van der Waals surface area contributed by atoms with Crippen LogP contribution >= 0.6 is 27.5 Å². The molecule has 0 aliphatic rings. The van der Waals surface area contributed by atoms with Crippen LogP contribution in [-0.2, 0) is 6.42 Å². The van der Waals surface area contributed by atoms with E-state index in [9.17, 15) is 0 Å². The number of pyridine rings is 1. The van der Waals surface area contributed by atoms with Crippen molar-refractivity contribution in [2.45, 2.75) is 19.4 Å². The van der Waals surface area contributed by atoms with E-state index in [1.807, 2.05) is 18.2 Å². The Morgan fingerprint density at radius 2 is 2.41 bits per heavy atom. The maximum absolute atomic E-state index is 5.83. The zero-order chi connectivity index (χ0) is 12.3. The van der Waals surface area contributed by atoms with Crippen molar-refractivity contribution in [1.82, 2.24) is 4.98 Å². The number of anilines is 1. The predicted molar refractivity (Wildman–Crippen MR) is 72.4 cm³/mol. The van der Waals surface area contributed by atoms with Crippen LogP contribution in [0.15, 0.2) is 39.5 Å². The fourth-order valence-corrected chi connectivity index (χ4v) is 2.02. The lowest BCUT2D eigenvalue weighted by atomic mass is 10.2. The predicted octanol–water partition coefficient (Wildman–Crippen LogP) is 4.13. The fraction of sp³-hybridized carbons (Fsp3) is 0.250. The molecule has 90 valence electrons. The zero-order valence-electron chi connectivity index (χ0n) is 9.28. The molecule has 0 aliphatic carbocycles. The van der Waals surface area contributed by atoms with Gasteiger partial charge in [-0.15, -0.1) is 0 Å². The Hall–Kier alpha value is -1.000. The average molecular weight is 316 g/mol. The SMILES string of the molecule is CC(Cc1ccco1)Nc1cnc(Cl)c(Br)c1. The quantitative estimate of drug-likeness (QED) is 0.862. The molecule has 2 heterocycles. The van der Waals surface area contributed by atoms with E-state index < -0.39 is 0 Å². The Kier molecular flexibility index (Phi) is 4.07. The molecule has 0 aliphatic heterocycles. The summed E-state index contributed by atoms with van der Waals surface area (Å²) in [6, 6.07) is 6.03. The van der Waals surface area contributed by atoms with Crippen molar-refractivity contribution in [3.8, 4) is 0 Å². The second-order valence-corrected chi connectivity index (χ2v) is 5.04. The van der Waals surface area contributed by atoms with Crippen molar-refractivity contribution in [2.24, 2.45) is 0 Å². The monoisotopic (exact) mass is 314 g/mol. The minimum Gasteiger partial charge on any atom is -0.469 e. The van der Waals surface area contributed by atoms with Crippen LogP contribution in [0.1, 0.15) is 12.7 Å². The zero-order valence-corrected chi connectivity index (χ0v) is 11.6. The Balaban J connectivity index is 1.98. The molecule has 0 aromatic carbocycles. The van der Waals surface area contributed by atoms with Crippen LogP contribution in [0, 0.1) is 0 Å². The van der Waals surface area contributed by atoms with Gasteiger partial charge in [0.2, 0.25) is 0 Å². The van der Waals surface area contributed by atoms with Crippen LogP contribution < -0.4 is 5.32 Å². The van der Waals surface area contributed by atoms with Gasteiger partial charge in [-0.1, -0.05) is 11.6 Å². The summed E-state index contributed by atoms with van der Waals surface area (Å²) in [5.41, 5.74) is 0.931. The molecule has 0 radical (unpaired) electrons. The summed E-state index contributed by atoms with van der Waals surface area (Å²) in [6.45, 7) is 2.09. The van der Waals surface area contributed by atoms with Gasteiger partial charge in [0.05, 0.1) is 22.6 Å². The lowest BCUT2D eigenvalue weighted by Crippen LogP contribution is -2.17. The highest BCUT2D eigenvalue weighted by atomic mass is 79.9. The number of hydrogen-bond donors (Lipinski definition) is 1. The van der Waals surface area contributed by atoms with Crippen LogP contribution in [0.3, 0.4) is 0 Å². The van der Waals surface area contributed by atoms with Gasteiger partial charge in [0, 0.05) is 12.5 Å². The number of aromatic nitrogens is 1. The van der Waals surface area contributed by atoms with Gasteiger partial charge in [-0.25, -0.2) is 4.98 Å². The van der Waals surface area contributed by atoms with Crippen molar-refractivity contribution in [3.05, 3.63) is 46.0 Å². The van der Waals surface area contributed by atoms with Gasteiger partial charge < -0.3 is 9.73 Å². The third-order valence-corrected chi connectivity index (χ3v) is 3.43. The topological polar surface area (TPSA) is 38.1 Å². The lowest BCUT2D eigenvalue weighted by molar-refractivity contribution is 0.498. The van der Waals surface area contributed by atoms with Crippen LogP contribution in [0.4, 0.5) is 5.69 Å². The summed E-state index contributed by atoms with van der Waals surface area (Å²) < 4.78 is 6.09. The van der Waals surface area contributed by atoms with Gasteiger partial charge in [-0.3, -0.25) is 0 Å². The number of rotatable bonds is 4. The van der Waals surface area contributed by atoms with Crippen molar-refractivity contribution in [3.63, 3.8) is 0 Å². The third kappa shape index (κ3) is 3.48. The van der Waals surface area contributed by atoms with Gasteiger partial charge in [0.15, 0.2) is 0 Å². The Bertz CT molecular complexity index is 487. The van der Waals surface area contributed by atoms with Gasteiger partial charge >= 0.3 is 0 Å². The van der Waals surface area contributed by atoms with Crippen LogP contribution in [0.5, 0.6) is 0 Å². The Morgan fingerprint density at radius 3 is 3.06 bits per heavy atom. The summed E-state index contributed by atoms with van der Waals surface area (Å²) >= 11 is 9.18. The van der Waals surface area contributed by atoms with E-state index in [4.69, 9.17) is 16.0 Å². The third-order valence-electron chi connectivity index (χ3n) is 2.30. The lowest BCUT2D eigenvalue weighted by Gasteiger charge is -2.14. The van der Waals surface area contributed by atoms with E-state index in [-0.39, 0.29) is 6.04 Å². The minimum atomic E-state index is 0.260. The maximum Gasteiger partial charge on any atom is 0.143 e. The molecule has 2 aromatic heterocycles. The van der Waals surface area contributed by atoms with Crippen LogP contribution in [0.25, 0.3) is 0 Å². The molecule has 2 aromatic rings. The molecule has 17 heavy (non-hydrogen) atoms. The highest BCUT2D eigenvalue weighted by Crippen LogP contribution is 2.23. The van der Waals surface area contributed by atoms with E-state index >= 15 is 0 Å². The minimum absolute atomic E-state index is 0.260. The largest absolute Gasteiger partial charge is 0.469 e. The standard InChI is InChI=1S/C12H12BrClN2O/c1-8(5-10-3-2-4-17-10)16-9-6-11(13)12(14)15-7-9/h2-4,6-8,16H,5H2,1H3. The first-order valence-electron chi connectivity index (χ1n) is 5.25. The smallest absolute Gasteiger partial charge is 0.143 e. The van der Waals surface area contributed by atoms with Crippen molar-refractivity contribution in [2.75, 3.05) is 5.32 Å². The van der Waals surface area contributed by atoms with Gasteiger partial charge in [-0.2, -0.15) is 0 Å². The molecular formula is C12H12BrClN2O. The molecule has 0 fully saturated rings. The van der Waals surface area contributed by atoms with E-state index in [0.717, 1.165) is 22.3 Å². The Morgan fingerprint density at radius 1 is 1.59 bits per heavy atom. The Labute approximate surface area is 113 Å². The van der Waals surface area contributed by atoms with Crippen LogP contribution in [0.2, 0.25) is 5.15 Å². The van der Waals surface area contributed by atoms with Gasteiger partial charge in [0.25, 0.3) is 0 Å². The van der Waals surface area contributed by atoms with Crippen molar-refractivity contribution < 1.29 is 4.42 Å². The molecule has 0 bridgehead atoms. The normalized spacial score (nSPS) is 12.4. The molecule has 5 heteroatoms. The molecule has 0 spiro atoms. The highest BCUT2D eigenvalue weighted by Gasteiger charge is 2.07. The molecule has 1 N–H and O–H groups in total. The number of hydrogen-bond acceptors (Lipinski definition) is 3. The first-order chi connectivity index (χ1) is 8.15. The first-order valence-corrected chi connectivity index (χ1v) is 6.42. The average Bonchev–Trinajstić information content (AvgIpc) is 2.76. The highest BCUT2D eigenvalue weighted by molar-refractivity contribution is 9.10. The summed E-state index contributed by atoms with van der Waals surface area (Å²) in [5.74, 6) is 0.964. The number of furan rings is 1. The molecule has 1 atom stereocenters. The van der Waals surface area contributed by atoms with Crippen molar-refractivity contribution in [1.29, 1.82) is 0 Å². The molecular weight excluding hydrogens is 304 g/mol. The van der Waals surface area contributed by atoms with E-state index in [1.165, 1.54) is 0 Å². The second-order valence-electron chi connectivity index (χ2n) is 3.83. The summed E-state index contributed by atoms with van der Waals surface area (Å²) in [6.07, 6.45) is 4.22. The van der Waals surface area contributed by atoms with Gasteiger partial charge in [0.1, 0.15) is 10.9 Å². The van der Waals surface area contributed by atoms with Gasteiger partial charge in [-0.05, 0) is 41.1 Å². The summed E-state index contributed by atoms with van der Waals surface area (Å²) in [5, 5.41) is 3.80. The van der Waals surface area contributed by atoms with Crippen LogP contribution in [-0.4, -0.2) is 11.0 Å². The molecule has 1 unspecified atom stereocenters. The van der Waals surface area contributed by atoms with E-state index in [1.54, 1.807) is 12.5 Å². The number of nitrogens with one attached hydrogen (secondary N) is 1. The molecule has 2 rings (SSSR count). The van der Waals surface area contributed by atoms with E-state index in [2.05, 4.69) is 33.2 Å². The maximum atomic E-state index is 5.83. The molecule has 0 amide bonds. The molecule has 3 nitrogen and oxygen atoms in total. The fourth-order valence-electron chi connectivity index (χ4n) is 1.57. The second kappa shape index (κ2) is 5.56. The summed E-state index contributed by atoms with van der Waals surface area (Å²) in [7, 11) is 0. The number of halogens is 2. The molecule has 0 saturated carbocycles.